The summed E-state index contributed by atoms with van der Waals surface area (Å²) in [5.74, 6) is 0. The Morgan fingerprint density at radius 2 is 2.25 bits per heavy atom. The smallest absolute Gasteiger partial charge is 0.0959 e. The second kappa shape index (κ2) is 7.76. The normalized spacial score (nSPS) is 11.2. The van der Waals surface area contributed by atoms with E-state index in [1.807, 2.05) is 10.8 Å². The summed E-state index contributed by atoms with van der Waals surface area (Å²) < 4.78 is 1.92. The first-order chi connectivity index (χ1) is 4.84. The van der Waals surface area contributed by atoms with E-state index in [-0.39, 0.29) is 39.0 Å². The third kappa shape index (κ3) is 4.22. The minimum Gasteiger partial charge on any atom is -0.322 e. The Balaban J connectivity index is 0. The molecule has 1 rings (SSSR count). The molecule has 1 aromatic heterocycles. The molecule has 1 atom stereocenters. The van der Waals surface area contributed by atoms with Crippen LogP contribution in [-0.4, -0.2) is 9.55 Å². The molecule has 0 aliphatic rings. The summed E-state index contributed by atoms with van der Waals surface area (Å²) in [6.45, 7) is 2.12. The largest absolute Gasteiger partial charge is 0.322 e. The zero-order valence-electron chi connectivity index (χ0n) is 6.92. The van der Waals surface area contributed by atoms with Gasteiger partial charge in [0, 0.05) is 32.8 Å². The van der Waals surface area contributed by atoms with Gasteiger partial charge in [0.05, 0.1) is 12.5 Å². The molecule has 0 radical (unpaired) electrons. The van der Waals surface area contributed by atoms with E-state index in [4.69, 9.17) is 5.73 Å². The Bertz CT molecular complexity index is 179. The number of rotatable bonds is 3. The molecule has 0 saturated heterocycles. The molecule has 74 valence electrons. The predicted molar refractivity (Wildman–Crippen MR) is 47.6 cm³/mol. The van der Waals surface area contributed by atoms with Gasteiger partial charge in [-0.15, -0.1) is 12.4 Å². The van der Waals surface area contributed by atoms with Crippen LogP contribution in [0.15, 0.2) is 18.7 Å². The van der Waals surface area contributed by atoms with Crippen LogP contribution in [0.25, 0.3) is 0 Å². The Morgan fingerprint density at radius 3 is 2.67 bits per heavy atom. The van der Waals surface area contributed by atoms with Gasteiger partial charge in [-0.3, -0.25) is 0 Å². The molecular formula is C7H14ClN3Pd. The van der Waals surface area contributed by atoms with Gasteiger partial charge < -0.3 is 10.3 Å². The first-order valence-electron chi connectivity index (χ1n) is 3.57. The molecule has 0 aliphatic carbocycles. The van der Waals surface area contributed by atoms with E-state index in [9.17, 15) is 0 Å². The van der Waals surface area contributed by atoms with Crippen LogP contribution in [0.1, 0.15) is 25.9 Å². The summed E-state index contributed by atoms with van der Waals surface area (Å²) in [4.78, 5) is 3.91. The van der Waals surface area contributed by atoms with Crippen LogP contribution < -0.4 is 5.73 Å². The molecule has 0 aliphatic heterocycles. The molecule has 0 bridgehead atoms. The van der Waals surface area contributed by atoms with Crippen LogP contribution in [0.2, 0.25) is 0 Å². The van der Waals surface area contributed by atoms with Crippen molar-refractivity contribution >= 4 is 12.4 Å². The third-order valence-electron chi connectivity index (χ3n) is 1.49. The first-order valence-corrected chi connectivity index (χ1v) is 3.57. The Hall–Kier alpha value is 0.122. The molecule has 1 heterocycles. The van der Waals surface area contributed by atoms with Gasteiger partial charge in [-0.1, -0.05) is 13.3 Å². The van der Waals surface area contributed by atoms with Gasteiger partial charge in [-0.25, -0.2) is 4.98 Å². The van der Waals surface area contributed by atoms with E-state index in [2.05, 4.69) is 11.9 Å². The number of hydrogen-bond donors (Lipinski definition) is 1. The van der Waals surface area contributed by atoms with Gasteiger partial charge in [-0.2, -0.15) is 0 Å². The van der Waals surface area contributed by atoms with Crippen molar-refractivity contribution < 1.29 is 20.4 Å². The quantitative estimate of drug-likeness (QED) is 0.855. The summed E-state index contributed by atoms with van der Waals surface area (Å²) in [6, 6.07) is 0. The van der Waals surface area contributed by atoms with E-state index in [0.717, 1.165) is 12.8 Å². The van der Waals surface area contributed by atoms with Crippen molar-refractivity contribution in [2.45, 2.75) is 25.9 Å². The van der Waals surface area contributed by atoms with Crippen molar-refractivity contribution in [2.75, 3.05) is 0 Å². The van der Waals surface area contributed by atoms with Crippen molar-refractivity contribution in [1.82, 2.24) is 9.55 Å². The average Bonchev–Trinajstić information content (AvgIpc) is 2.38. The van der Waals surface area contributed by atoms with Crippen molar-refractivity contribution in [3.05, 3.63) is 18.7 Å². The minimum atomic E-state index is 0. The Labute approximate surface area is 92.8 Å². The van der Waals surface area contributed by atoms with Gasteiger partial charge >= 0.3 is 0 Å². The summed E-state index contributed by atoms with van der Waals surface area (Å²) in [6.07, 6.45) is 7.61. The van der Waals surface area contributed by atoms with E-state index in [0.29, 0.717) is 0 Å². The maximum Gasteiger partial charge on any atom is 0.0959 e. The van der Waals surface area contributed by atoms with Crippen LogP contribution >= 0.6 is 12.4 Å². The van der Waals surface area contributed by atoms with Crippen LogP contribution in [0, 0.1) is 0 Å². The van der Waals surface area contributed by atoms with E-state index >= 15 is 0 Å². The van der Waals surface area contributed by atoms with Crippen LogP contribution in [0.4, 0.5) is 0 Å². The van der Waals surface area contributed by atoms with Crippen molar-refractivity contribution in [1.29, 1.82) is 0 Å². The monoisotopic (exact) mass is 281 g/mol. The molecule has 0 spiro atoms. The fraction of sp³-hybridized carbons (Fsp3) is 0.571. The number of aromatic nitrogens is 2. The fourth-order valence-corrected chi connectivity index (χ4v) is 0.910. The van der Waals surface area contributed by atoms with Crippen molar-refractivity contribution in [3.8, 4) is 0 Å². The molecule has 3 nitrogen and oxygen atoms in total. The van der Waals surface area contributed by atoms with Crippen LogP contribution in [0.3, 0.4) is 0 Å². The molecule has 0 saturated carbocycles. The second-order valence-corrected chi connectivity index (χ2v) is 2.37. The Kier molecular flexibility index (Phi) is 9.46. The van der Waals surface area contributed by atoms with Crippen LogP contribution in [0.5, 0.6) is 0 Å². The molecule has 0 amide bonds. The maximum absolute atomic E-state index is 5.77. The van der Waals surface area contributed by atoms with E-state index < -0.39 is 0 Å². The minimum absolute atomic E-state index is 0. The molecule has 5 heteroatoms. The SMILES string of the molecule is CCCC(N)n1ccnc1.Cl.[Pd]. The average molecular weight is 282 g/mol. The zero-order chi connectivity index (χ0) is 7.40. The number of imidazole rings is 1. The van der Waals surface area contributed by atoms with Gasteiger partial charge in [0.1, 0.15) is 0 Å². The summed E-state index contributed by atoms with van der Waals surface area (Å²) in [7, 11) is 0. The number of nitrogens with zero attached hydrogens (tertiary/aromatic N) is 2. The molecule has 1 aromatic rings. The molecule has 0 fully saturated rings. The number of halogens is 1. The topological polar surface area (TPSA) is 43.8 Å². The maximum atomic E-state index is 5.77. The molecule has 2 N–H and O–H groups in total. The summed E-state index contributed by atoms with van der Waals surface area (Å²) in [5, 5.41) is 0. The van der Waals surface area contributed by atoms with Gasteiger partial charge in [0.25, 0.3) is 0 Å². The van der Waals surface area contributed by atoms with E-state index in [1.54, 1.807) is 12.5 Å². The fourth-order valence-electron chi connectivity index (χ4n) is 0.910. The molecule has 1 unspecified atom stereocenters. The third-order valence-corrected chi connectivity index (χ3v) is 1.49. The van der Waals surface area contributed by atoms with Gasteiger partial charge in [0.2, 0.25) is 0 Å². The Morgan fingerprint density at radius 1 is 1.58 bits per heavy atom. The first kappa shape index (κ1) is 14.6. The van der Waals surface area contributed by atoms with E-state index in [1.165, 1.54) is 0 Å². The van der Waals surface area contributed by atoms with Crippen LogP contribution in [-0.2, 0) is 20.4 Å². The molecule has 0 aromatic carbocycles. The van der Waals surface area contributed by atoms with Crippen molar-refractivity contribution in [3.63, 3.8) is 0 Å². The molecule has 12 heavy (non-hydrogen) atoms. The molecular weight excluding hydrogens is 268 g/mol. The summed E-state index contributed by atoms with van der Waals surface area (Å²) >= 11 is 0. The number of nitrogens with two attached hydrogens (primary N) is 1. The standard InChI is InChI=1S/C7H13N3.ClH.Pd/c1-2-3-7(8)10-5-4-9-6-10;;/h4-7H,2-3,8H2,1H3;1H;. The van der Waals surface area contributed by atoms with Gasteiger partial charge in [0.15, 0.2) is 0 Å². The predicted octanol–water partition coefficient (Wildman–Crippen LogP) is 1.56. The number of hydrogen-bond acceptors (Lipinski definition) is 2. The second-order valence-electron chi connectivity index (χ2n) is 2.37. The van der Waals surface area contributed by atoms with Gasteiger partial charge in [-0.05, 0) is 6.42 Å². The van der Waals surface area contributed by atoms with Crippen molar-refractivity contribution in [2.24, 2.45) is 5.73 Å². The zero-order valence-corrected chi connectivity index (χ0v) is 9.29. The summed E-state index contributed by atoms with van der Waals surface area (Å²) in [5.41, 5.74) is 5.77.